The number of carboxylic acid groups (broad SMARTS) is 1. The Balaban J connectivity index is 2.31. The number of thioether (sulfide) groups is 1. The Hall–Kier alpha value is -0.220. The zero-order chi connectivity index (χ0) is 12.3. The molecule has 1 fully saturated rings. The number of rotatable bonds is 4. The van der Waals surface area contributed by atoms with Crippen LogP contribution in [0.2, 0.25) is 0 Å². The van der Waals surface area contributed by atoms with Gasteiger partial charge in [-0.2, -0.15) is 0 Å². The molecule has 3 nitrogen and oxygen atoms in total. The molecule has 94 valence electrons. The lowest BCUT2D eigenvalue weighted by molar-refractivity contribution is -0.138. The highest BCUT2D eigenvalue weighted by Gasteiger charge is 2.30. The van der Waals surface area contributed by atoms with Crippen LogP contribution in [0, 0.1) is 11.3 Å². The van der Waals surface area contributed by atoms with E-state index in [2.05, 4.69) is 33.0 Å². The first-order valence-corrected chi connectivity index (χ1v) is 6.93. The van der Waals surface area contributed by atoms with Gasteiger partial charge in [-0.15, -0.1) is 11.8 Å². The van der Waals surface area contributed by atoms with Crippen molar-refractivity contribution in [2.75, 3.05) is 5.75 Å². The molecule has 1 aliphatic heterocycles. The predicted molar refractivity (Wildman–Crippen MR) is 68.7 cm³/mol. The average Bonchev–Trinajstić information content (AvgIpc) is 2.48. The van der Waals surface area contributed by atoms with Gasteiger partial charge in [-0.1, -0.05) is 27.7 Å². The van der Waals surface area contributed by atoms with Crippen LogP contribution in [0.3, 0.4) is 0 Å². The zero-order valence-electron chi connectivity index (χ0n) is 10.6. The van der Waals surface area contributed by atoms with Gasteiger partial charge in [0.1, 0.15) is 6.04 Å². The maximum absolute atomic E-state index is 10.8. The van der Waals surface area contributed by atoms with Crippen LogP contribution in [0.25, 0.3) is 0 Å². The molecule has 0 aromatic rings. The molecule has 0 saturated carbocycles. The fraction of sp³-hybridized carbons (Fsp3) is 0.917. The molecule has 1 saturated heterocycles. The molecule has 0 unspecified atom stereocenters. The molecule has 0 aromatic carbocycles. The fourth-order valence-electron chi connectivity index (χ4n) is 2.31. The van der Waals surface area contributed by atoms with Crippen LogP contribution in [-0.4, -0.2) is 28.2 Å². The van der Waals surface area contributed by atoms with Crippen LogP contribution < -0.4 is 5.32 Å². The highest BCUT2D eigenvalue weighted by atomic mass is 32.2. The summed E-state index contributed by atoms with van der Waals surface area (Å²) in [7, 11) is 0. The molecule has 0 radical (unpaired) electrons. The SMILES string of the molecule is C[C@H](C[C@@H]1N[C@@H](C(=O)O)CS1)CC(C)(C)C. The number of aliphatic carboxylic acids is 1. The van der Waals surface area contributed by atoms with Gasteiger partial charge in [-0.3, -0.25) is 10.1 Å². The van der Waals surface area contributed by atoms with E-state index >= 15 is 0 Å². The maximum Gasteiger partial charge on any atom is 0.321 e. The molecular weight excluding hydrogens is 222 g/mol. The van der Waals surface area contributed by atoms with Crippen LogP contribution in [0.15, 0.2) is 0 Å². The van der Waals surface area contributed by atoms with Crippen molar-refractivity contribution in [1.82, 2.24) is 5.32 Å². The largest absolute Gasteiger partial charge is 0.480 e. The molecule has 3 atom stereocenters. The third-order valence-corrected chi connectivity index (χ3v) is 3.98. The first kappa shape index (κ1) is 13.8. The lowest BCUT2D eigenvalue weighted by Crippen LogP contribution is -2.37. The highest BCUT2D eigenvalue weighted by Crippen LogP contribution is 2.31. The molecule has 0 amide bonds. The van der Waals surface area contributed by atoms with E-state index in [0.717, 1.165) is 6.42 Å². The summed E-state index contributed by atoms with van der Waals surface area (Å²) >= 11 is 1.74. The van der Waals surface area contributed by atoms with Crippen molar-refractivity contribution in [3.63, 3.8) is 0 Å². The van der Waals surface area contributed by atoms with Crippen LogP contribution in [0.5, 0.6) is 0 Å². The molecule has 1 rings (SSSR count). The minimum atomic E-state index is -0.724. The van der Waals surface area contributed by atoms with Gasteiger partial charge in [-0.25, -0.2) is 0 Å². The lowest BCUT2D eigenvalue weighted by Gasteiger charge is -2.25. The first-order chi connectivity index (χ1) is 7.28. The number of hydrogen-bond acceptors (Lipinski definition) is 3. The van der Waals surface area contributed by atoms with Crippen molar-refractivity contribution in [2.24, 2.45) is 11.3 Å². The molecule has 0 spiro atoms. The molecule has 1 aliphatic rings. The van der Waals surface area contributed by atoms with Crippen LogP contribution in [0.4, 0.5) is 0 Å². The Morgan fingerprint density at radius 2 is 2.19 bits per heavy atom. The summed E-state index contributed by atoms with van der Waals surface area (Å²) in [6.07, 6.45) is 2.25. The van der Waals surface area contributed by atoms with Crippen molar-refractivity contribution in [3.05, 3.63) is 0 Å². The van der Waals surface area contributed by atoms with Gasteiger partial charge < -0.3 is 5.11 Å². The Morgan fingerprint density at radius 3 is 2.62 bits per heavy atom. The van der Waals surface area contributed by atoms with Gasteiger partial charge in [0.05, 0.1) is 5.37 Å². The second-order valence-electron chi connectivity index (χ2n) is 5.99. The van der Waals surface area contributed by atoms with E-state index in [4.69, 9.17) is 5.11 Å². The predicted octanol–water partition coefficient (Wildman–Crippen LogP) is 2.56. The van der Waals surface area contributed by atoms with Gasteiger partial charge in [0.2, 0.25) is 0 Å². The van der Waals surface area contributed by atoms with Crippen molar-refractivity contribution in [1.29, 1.82) is 0 Å². The van der Waals surface area contributed by atoms with E-state index in [1.165, 1.54) is 6.42 Å². The number of carboxylic acids is 1. The zero-order valence-corrected chi connectivity index (χ0v) is 11.4. The Kier molecular flexibility index (Phi) is 4.68. The third-order valence-electron chi connectivity index (χ3n) is 2.73. The lowest BCUT2D eigenvalue weighted by atomic mass is 9.84. The second-order valence-corrected chi connectivity index (χ2v) is 7.22. The Labute approximate surface area is 102 Å². The van der Waals surface area contributed by atoms with Crippen LogP contribution in [0.1, 0.15) is 40.5 Å². The van der Waals surface area contributed by atoms with Gasteiger partial charge in [0.25, 0.3) is 0 Å². The summed E-state index contributed by atoms with van der Waals surface area (Å²) in [5.41, 5.74) is 0.356. The van der Waals surface area contributed by atoms with Crippen molar-refractivity contribution >= 4 is 17.7 Å². The molecule has 1 heterocycles. The van der Waals surface area contributed by atoms with Gasteiger partial charge in [-0.05, 0) is 24.2 Å². The average molecular weight is 245 g/mol. The van der Waals surface area contributed by atoms with E-state index in [9.17, 15) is 4.79 Å². The second kappa shape index (κ2) is 5.41. The third kappa shape index (κ3) is 4.74. The summed E-state index contributed by atoms with van der Waals surface area (Å²) in [6.45, 7) is 9.00. The van der Waals surface area contributed by atoms with E-state index in [0.29, 0.717) is 22.5 Å². The topological polar surface area (TPSA) is 49.3 Å². The van der Waals surface area contributed by atoms with Crippen molar-refractivity contribution < 1.29 is 9.90 Å². The number of hydrogen-bond donors (Lipinski definition) is 2. The van der Waals surface area contributed by atoms with E-state index < -0.39 is 5.97 Å². The quantitative estimate of drug-likeness (QED) is 0.799. The molecule has 4 heteroatoms. The summed E-state index contributed by atoms with van der Waals surface area (Å²) in [5, 5.41) is 12.4. The van der Waals surface area contributed by atoms with Crippen molar-refractivity contribution in [2.45, 2.75) is 52.0 Å². The van der Waals surface area contributed by atoms with Crippen molar-refractivity contribution in [3.8, 4) is 0 Å². The maximum atomic E-state index is 10.8. The van der Waals surface area contributed by atoms with Crippen LogP contribution in [-0.2, 0) is 4.79 Å². The molecule has 0 aromatic heterocycles. The monoisotopic (exact) mass is 245 g/mol. The molecular formula is C12H23NO2S. The van der Waals surface area contributed by atoms with Crippen LogP contribution >= 0.6 is 11.8 Å². The number of nitrogens with one attached hydrogen (secondary N) is 1. The summed E-state index contributed by atoms with van der Waals surface area (Å²) < 4.78 is 0. The Morgan fingerprint density at radius 1 is 1.56 bits per heavy atom. The van der Waals surface area contributed by atoms with Gasteiger partial charge >= 0.3 is 5.97 Å². The minimum absolute atomic E-state index is 0.318. The summed E-state index contributed by atoms with van der Waals surface area (Å²) in [5.74, 6) is 0.610. The van der Waals surface area contributed by atoms with Gasteiger partial charge in [0, 0.05) is 5.75 Å². The molecule has 2 N–H and O–H groups in total. The summed E-state index contributed by atoms with van der Waals surface area (Å²) in [6, 6.07) is -0.350. The fourth-order valence-corrected chi connectivity index (χ4v) is 3.69. The molecule has 0 aliphatic carbocycles. The molecule has 0 bridgehead atoms. The smallest absolute Gasteiger partial charge is 0.321 e. The molecule has 16 heavy (non-hydrogen) atoms. The minimum Gasteiger partial charge on any atom is -0.480 e. The standard InChI is InChI=1S/C12H23NO2S/c1-8(6-12(2,3)4)5-10-13-9(7-16-10)11(14)15/h8-10,13H,5-7H2,1-4H3,(H,14,15)/t8-,9-,10-/m1/s1. The Bertz CT molecular complexity index is 250. The van der Waals surface area contributed by atoms with E-state index in [1.54, 1.807) is 11.8 Å². The summed E-state index contributed by atoms with van der Waals surface area (Å²) in [4.78, 5) is 10.8. The van der Waals surface area contributed by atoms with E-state index in [1.807, 2.05) is 0 Å². The normalized spacial score (nSPS) is 28.0. The van der Waals surface area contributed by atoms with Gasteiger partial charge in [0.15, 0.2) is 0 Å². The highest BCUT2D eigenvalue weighted by molar-refractivity contribution is 8.00. The number of carbonyl (C=O) groups is 1. The van der Waals surface area contributed by atoms with E-state index in [-0.39, 0.29) is 6.04 Å². The first-order valence-electron chi connectivity index (χ1n) is 5.88.